The summed E-state index contributed by atoms with van der Waals surface area (Å²) in [5.74, 6) is 2.18. The van der Waals surface area contributed by atoms with Crippen LogP contribution in [0, 0.1) is 0 Å². The van der Waals surface area contributed by atoms with Crippen LogP contribution in [0.1, 0.15) is 23.6 Å². The summed E-state index contributed by atoms with van der Waals surface area (Å²) in [7, 11) is 3.77. The third-order valence-corrected chi connectivity index (χ3v) is 5.03. The smallest absolute Gasteiger partial charge is 0.189 e. The molecule has 7 nitrogen and oxygen atoms in total. The third kappa shape index (κ3) is 8.19. The van der Waals surface area contributed by atoms with Crippen molar-refractivity contribution in [1.82, 2.24) is 10.2 Å². The minimum absolute atomic E-state index is 0. The highest BCUT2D eigenvalue weighted by Gasteiger charge is 2.21. The van der Waals surface area contributed by atoms with Crippen molar-refractivity contribution in [3.05, 3.63) is 59.7 Å². The van der Waals surface area contributed by atoms with E-state index in [-0.39, 0.29) is 30.0 Å². The highest BCUT2D eigenvalue weighted by Crippen LogP contribution is 2.31. The second kappa shape index (κ2) is 13.4. The summed E-state index contributed by atoms with van der Waals surface area (Å²) in [5.41, 5.74) is 8.32. The van der Waals surface area contributed by atoms with Gasteiger partial charge in [-0.2, -0.15) is 0 Å². The minimum atomic E-state index is 0. The molecule has 0 bridgehead atoms. The van der Waals surface area contributed by atoms with Gasteiger partial charge in [-0.25, -0.2) is 4.99 Å². The van der Waals surface area contributed by atoms with Crippen molar-refractivity contribution in [3.8, 4) is 11.5 Å². The molecular weight excluding hydrogens is 507 g/mol. The molecule has 3 rings (SSSR count). The summed E-state index contributed by atoms with van der Waals surface area (Å²) in [6.45, 7) is 4.24. The summed E-state index contributed by atoms with van der Waals surface area (Å²) in [6.07, 6.45) is 0.857. The van der Waals surface area contributed by atoms with Crippen LogP contribution in [-0.2, 0) is 11.3 Å². The Hall–Kier alpha value is -2.04. The number of guanidine groups is 1. The Morgan fingerprint density at radius 2 is 2.00 bits per heavy atom. The van der Waals surface area contributed by atoms with E-state index in [1.54, 1.807) is 7.11 Å². The van der Waals surface area contributed by atoms with Crippen LogP contribution in [0.3, 0.4) is 0 Å². The molecule has 0 amide bonds. The van der Waals surface area contributed by atoms with E-state index in [9.17, 15) is 0 Å². The molecular formula is C23H33IN4O3. The van der Waals surface area contributed by atoms with Gasteiger partial charge in [0.1, 0.15) is 18.1 Å². The summed E-state index contributed by atoms with van der Waals surface area (Å²) < 4.78 is 16.7. The molecule has 2 aromatic carbocycles. The van der Waals surface area contributed by atoms with Crippen LogP contribution in [0.15, 0.2) is 53.5 Å². The number of hydrogen-bond donors (Lipinski definition) is 2. The molecule has 0 aliphatic carbocycles. The average molecular weight is 540 g/mol. The number of nitrogens with zero attached hydrogens (tertiary/aromatic N) is 2. The van der Waals surface area contributed by atoms with Gasteiger partial charge in [-0.1, -0.05) is 30.3 Å². The molecule has 3 N–H and O–H groups in total. The van der Waals surface area contributed by atoms with Crippen molar-refractivity contribution in [2.75, 3.05) is 47.1 Å². The monoisotopic (exact) mass is 540 g/mol. The number of aliphatic imine (C=N–C) groups is 1. The molecule has 0 radical (unpaired) electrons. The summed E-state index contributed by atoms with van der Waals surface area (Å²) in [4.78, 5) is 6.69. The Labute approximate surface area is 202 Å². The van der Waals surface area contributed by atoms with Crippen molar-refractivity contribution in [3.63, 3.8) is 0 Å². The molecule has 0 aromatic heterocycles. The van der Waals surface area contributed by atoms with E-state index in [0.717, 1.165) is 48.7 Å². The van der Waals surface area contributed by atoms with Crippen molar-refractivity contribution < 1.29 is 14.2 Å². The Kier molecular flexibility index (Phi) is 10.9. The predicted molar refractivity (Wildman–Crippen MR) is 134 cm³/mol. The summed E-state index contributed by atoms with van der Waals surface area (Å²) in [6, 6.07) is 16.1. The number of nitrogens with one attached hydrogen (secondary N) is 1. The van der Waals surface area contributed by atoms with Crippen LogP contribution in [0.25, 0.3) is 0 Å². The SMILES string of the molecule is COCCN(C)CCOc1cccc(CN=C(N)NC2CCOc3ccccc32)c1.I. The Bertz CT molecular complexity index is 834. The normalized spacial score (nSPS) is 15.6. The first-order chi connectivity index (χ1) is 14.7. The molecule has 170 valence electrons. The van der Waals surface area contributed by atoms with Crippen molar-refractivity contribution in [2.45, 2.75) is 19.0 Å². The third-order valence-electron chi connectivity index (χ3n) is 5.03. The van der Waals surface area contributed by atoms with E-state index in [0.29, 0.717) is 25.7 Å². The van der Waals surface area contributed by atoms with Crippen LogP contribution >= 0.6 is 24.0 Å². The molecule has 1 unspecified atom stereocenters. The number of para-hydroxylation sites is 1. The highest BCUT2D eigenvalue weighted by molar-refractivity contribution is 14.0. The summed E-state index contributed by atoms with van der Waals surface area (Å²) in [5, 5.41) is 3.32. The van der Waals surface area contributed by atoms with Crippen molar-refractivity contribution in [2.24, 2.45) is 10.7 Å². The molecule has 8 heteroatoms. The fraction of sp³-hybridized carbons (Fsp3) is 0.435. The number of rotatable bonds is 10. The number of nitrogens with two attached hydrogens (primary N) is 1. The fourth-order valence-corrected chi connectivity index (χ4v) is 3.30. The molecule has 31 heavy (non-hydrogen) atoms. The highest BCUT2D eigenvalue weighted by atomic mass is 127. The van der Waals surface area contributed by atoms with Crippen molar-refractivity contribution in [1.29, 1.82) is 0 Å². The van der Waals surface area contributed by atoms with Crippen LogP contribution < -0.4 is 20.5 Å². The molecule has 1 heterocycles. The predicted octanol–water partition coefficient (Wildman–Crippen LogP) is 3.19. The van der Waals surface area contributed by atoms with E-state index in [1.165, 1.54) is 0 Å². The molecule has 2 aromatic rings. The number of likely N-dealkylation sites (N-methyl/N-ethyl adjacent to an activating group) is 1. The zero-order chi connectivity index (χ0) is 21.2. The number of fused-ring (bicyclic) bond motifs is 1. The first-order valence-electron chi connectivity index (χ1n) is 10.3. The topological polar surface area (TPSA) is 81.3 Å². The Balaban J connectivity index is 0.00000341. The second-order valence-corrected chi connectivity index (χ2v) is 7.37. The lowest BCUT2D eigenvalue weighted by atomic mass is 10.0. The van der Waals surface area contributed by atoms with Gasteiger partial charge in [-0.05, 0) is 30.8 Å². The number of hydrogen-bond acceptors (Lipinski definition) is 5. The molecule has 0 spiro atoms. The molecule has 1 aliphatic rings. The maximum atomic E-state index is 6.15. The average Bonchev–Trinajstić information content (AvgIpc) is 2.77. The number of benzene rings is 2. The van der Waals surface area contributed by atoms with Crippen LogP contribution in [0.2, 0.25) is 0 Å². The molecule has 0 saturated heterocycles. The van der Waals surface area contributed by atoms with Gasteiger partial charge in [-0.3, -0.25) is 0 Å². The fourth-order valence-electron chi connectivity index (χ4n) is 3.30. The number of methoxy groups -OCH3 is 1. The lowest BCUT2D eigenvalue weighted by Gasteiger charge is -2.26. The Morgan fingerprint density at radius 1 is 1.19 bits per heavy atom. The number of ether oxygens (including phenoxy) is 3. The first kappa shape index (κ1) is 25.2. The maximum Gasteiger partial charge on any atom is 0.189 e. The van der Waals surface area contributed by atoms with Gasteiger partial charge in [0.2, 0.25) is 0 Å². The van der Waals surface area contributed by atoms with Gasteiger partial charge in [0, 0.05) is 32.2 Å². The van der Waals surface area contributed by atoms with Gasteiger partial charge >= 0.3 is 0 Å². The zero-order valence-electron chi connectivity index (χ0n) is 18.3. The maximum absolute atomic E-state index is 6.15. The van der Waals surface area contributed by atoms with Gasteiger partial charge in [0.25, 0.3) is 0 Å². The first-order valence-corrected chi connectivity index (χ1v) is 10.3. The minimum Gasteiger partial charge on any atom is -0.493 e. The van der Waals surface area contributed by atoms with Crippen LogP contribution in [0.4, 0.5) is 0 Å². The van der Waals surface area contributed by atoms with E-state index >= 15 is 0 Å². The zero-order valence-corrected chi connectivity index (χ0v) is 20.6. The van der Waals surface area contributed by atoms with Gasteiger partial charge < -0.3 is 30.2 Å². The quantitative estimate of drug-likeness (QED) is 0.274. The van der Waals surface area contributed by atoms with E-state index in [2.05, 4.69) is 28.3 Å². The Morgan fingerprint density at radius 3 is 2.84 bits per heavy atom. The van der Waals surface area contributed by atoms with Gasteiger partial charge in [0.05, 0.1) is 25.8 Å². The molecule has 0 fully saturated rings. The number of halogens is 1. The largest absolute Gasteiger partial charge is 0.493 e. The summed E-state index contributed by atoms with van der Waals surface area (Å²) >= 11 is 0. The van der Waals surface area contributed by atoms with Gasteiger partial charge in [0.15, 0.2) is 5.96 Å². The second-order valence-electron chi connectivity index (χ2n) is 7.37. The van der Waals surface area contributed by atoms with Crippen LogP contribution in [0.5, 0.6) is 11.5 Å². The van der Waals surface area contributed by atoms with Crippen LogP contribution in [-0.4, -0.2) is 57.9 Å². The molecule has 1 aliphatic heterocycles. The van der Waals surface area contributed by atoms with E-state index < -0.39 is 0 Å². The van der Waals surface area contributed by atoms with Gasteiger partial charge in [-0.15, -0.1) is 24.0 Å². The van der Waals surface area contributed by atoms with Crippen molar-refractivity contribution >= 4 is 29.9 Å². The van der Waals surface area contributed by atoms with E-state index in [1.807, 2.05) is 42.5 Å². The molecule has 1 atom stereocenters. The lowest BCUT2D eigenvalue weighted by Crippen LogP contribution is -2.37. The molecule has 0 saturated carbocycles. The lowest BCUT2D eigenvalue weighted by molar-refractivity contribution is 0.150. The standard InChI is InChI=1S/C23H32N4O3.HI/c1-27(11-14-28-2)12-15-29-19-7-5-6-18(16-19)17-25-23(24)26-21-10-13-30-22-9-4-3-8-20(21)22;/h3-9,16,21H,10-15,17H2,1-2H3,(H3,24,25,26);1H. The van der Waals surface area contributed by atoms with E-state index in [4.69, 9.17) is 19.9 Å².